The molecule has 2 rings (SSSR count). The molecule has 0 radical (unpaired) electrons. The average molecular weight is 310 g/mol. The van der Waals surface area contributed by atoms with Crippen LogP contribution in [0.2, 0.25) is 0 Å². The molecule has 3 N–H and O–H groups in total. The van der Waals surface area contributed by atoms with Crippen molar-refractivity contribution in [2.75, 3.05) is 11.1 Å². The van der Waals surface area contributed by atoms with Gasteiger partial charge in [0.1, 0.15) is 0 Å². The summed E-state index contributed by atoms with van der Waals surface area (Å²) in [7, 11) is 0. The molecule has 0 unspecified atom stereocenters. The predicted molar refractivity (Wildman–Crippen MR) is 72.5 cm³/mol. The number of aromatic nitrogens is 1. The Bertz CT molecular complexity index is 607. The molecule has 0 fully saturated rings. The Kier molecular flexibility index (Phi) is 3.38. The molecule has 2 aromatic rings. The van der Waals surface area contributed by atoms with Gasteiger partial charge in [0.15, 0.2) is 0 Å². The smallest absolute Gasteiger partial charge is 0.258 e. The Hall–Kier alpha value is -1.82. The lowest BCUT2D eigenvalue weighted by atomic mass is 10.2. The first-order chi connectivity index (χ1) is 8.49. The number of amides is 1. The molecule has 0 saturated heterocycles. The van der Waals surface area contributed by atoms with Gasteiger partial charge in [-0.1, -0.05) is 5.16 Å². The van der Waals surface area contributed by atoms with Crippen molar-refractivity contribution in [2.45, 2.75) is 13.8 Å². The van der Waals surface area contributed by atoms with Gasteiger partial charge in [0, 0.05) is 21.3 Å². The number of carbonyl (C=O) groups excluding carboxylic acids is 1. The van der Waals surface area contributed by atoms with Crippen molar-refractivity contribution in [3.63, 3.8) is 0 Å². The number of nitrogens with two attached hydrogens (primary N) is 1. The Morgan fingerprint density at radius 1 is 1.44 bits per heavy atom. The van der Waals surface area contributed by atoms with Crippen LogP contribution >= 0.6 is 15.9 Å². The second kappa shape index (κ2) is 4.81. The first-order valence-corrected chi connectivity index (χ1v) is 6.07. The topological polar surface area (TPSA) is 81.2 Å². The van der Waals surface area contributed by atoms with Crippen LogP contribution in [0, 0.1) is 13.8 Å². The van der Waals surface area contributed by atoms with E-state index in [0.717, 1.165) is 11.3 Å². The summed E-state index contributed by atoms with van der Waals surface area (Å²) in [5, 5.41) is 6.44. The van der Waals surface area contributed by atoms with E-state index in [2.05, 4.69) is 26.4 Å². The van der Waals surface area contributed by atoms with Crippen LogP contribution in [0.1, 0.15) is 21.6 Å². The van der Waals surface area contributed by atoms with Gasteiger partial charge in [-0.2, -0.15) is 0 Å². The van der Waals surface area contributed by atoms with E-state index < -0.39 is 0 Å². The van der Waals surface area contributed by atoms with Gasteiger partial charge in [0.05, 0.1) is 5.69 Å². The highest BCUT2D eigenvalue weighted by Gasteiger charge is 2.13. The summed E-state index contributed by atoms with van der Waals surface area (Å²) in [4.78, 5) is 12.0. The van der Waals surface area contributed by atoms with Crippen molar-refractivity contribution in [1.29, 1.82) is 0 Å². The van der Waals surface area contributed by atoms with Gasteiger partial charge in [0.25, 0.3) is 5.91 Å². The predicted octanol–water partition coefficient (Wildman–Crippen LogP) is 2.89. The molecule has 1 amide bonds. The van der Waals surface area contributed by atoms with Crippen LogP contribution in [0.15, 0.2) is 27.2 Å². The number of benzene rings is 1. The van der Waals surface area contributed by atoms with Crippen molar-refractivity contribution in [3.05, 3.63) is 39.5 Å². The fourth-order valence-electron chi connectivity index (χ4n) is 1.38. The number of rotatable bonds is 2. The second-order valence-corrected chi connectivity index (χ2v) is 4.77. The van der Waals surface area contributed by atoms with E-state index in [1.54, 1.807) is 18.2 Å². The zero-order valence-corrected chi connectivity index (χ0v) is 11.5. The lowest BCUT2D eigenvalue weighted by Crippen LogP contribution is -2.12. The van der Waals surface area contributed by atoms with Gasteiger partial charge in [0.2, 0.25) is 5.88 Å². The molecular weight excluding hydrogens is 298 g/mol. The van der Waals surface area contributed by atoms with Crippen molar-refractivity contribution in [1.82, 2.24) is 5.16 Å². The van der Waals surface area contributed by atoms with Crippen LogP contribution in [0.3, 0.4) is 0 Å². The van der Waals surface area contributed by atoms with Crippen LogP contribution in [0.4, 0.5) is 11.6 Å². The summed E-state index contributed by atoms with van der Waals surface area (Å²) in [6.45, 7) is 3.65. The molecule has 0 atom stereocenters. The van der Waals surface area contributed by atoms with Crippen molar-refractivity contribution in [2.24, 2.45) is 0 Å². The number of carbonyl (C=O) groups is 1. The van der Waals surface area contributed by atoms with Gasteiger partial charge < -0.3 is 10.3 Å². The molecule has 0 saturated carbocycles. The molecule has 1 aromatic heterocycles. The van der Waals surface area contributed by atoms with Gasteiger partial charge in [-0.15, -0.1) is 0 Å². The van der Waals surface area contributed by atoms with Crippen molar-refractivity contribution >= 4 is 33.4 Å². The maximum atomic E-state index is 12.0. The number of nitrogen functional groups attached to an aromatic ring is 1. The molecule has 94 valence electrons. The van der Waals surface area contributed by atoms with Crippen LogP contribution < -0.4 is 11.1 Å². The van der Waals surface area contributed by atoms with Gasteiger partial charge in [-0.3, -0.25) is 10.1 Å². The van der Waals surface area contributed by atoms with E-state index in [1.807, 2.05) is 13.8 Å². The molecule has 0 aliphatic heterocycles. The number of anilines is 2. The van der Waals surface area contributed by atoms with Crippen molar-refractivity contribution in [3.8, 4) is 0 Å². The summed E-state index contributed by atoms with van der Waals surface area (Å²) in [5.41, 5.74) is 8.30. The lowest BCUT2D eigenvalue weighted by Gasteiger charge is -2.04. The number of halogens is 1. The fraction of sp³-hybridized carbons (Fsp3) is 0.167. The van der Waals surface area contributed by atoms with Crippen LogP contribution in [-0.2, 0) is 0 Å². The zero-order valence-electron chi connectivity index (χ0n) is 9.95. The summed E-state index contributed by atoms with van der Waals surface area (Å²) >= 11 is 3.28. The van der Waals surface area contributed by atoms with Crippen molar-refractivity contribution < 1.29 is 9.32 Å². The van der Waals surface area contributed by atoms with Gasteiger partial charge >= 0.3 is 0 Å². The molecule has 0 aliphatic carbocycles. The normalized spacial score (nSPS) is 10.4. The number of nitrogens with one attached hydrogen (secondary N) is 1. The minimum absolute atomic E-state index is 0.269. The summed E-state index contributed by atoms with van der Waals surface area (Å²) in [5.74, 6) is 0.0976. The Labute approximate surface area is 112 Å². The van der Waals surface area contributed by atoms with E-state index in [1.165, 1.54) is 0 Å². The number of aryl methyl sites for hydroxylation is 1. The standard InChI is InChI=1S/C12H12BrN3O2/c1-6-7(2)16-18-12(6)15-11(17)8-3-4-10(14)9(13)5-8/h3-5H,14H2,1-2H3,(H,15,17). The Balaban J connectivity index is 2.22. The monoisotopic (exact) mass is 309 g/mol. The van der Waals surface area contributed by atoms with E-state index in [9.17, 15) is 4.79 Å². The maximum Gasteiger partial charge on any atom is 0.258 e. The molecule has 6 heteroatoms. The molecular formula is C12H12BrN3O2. The van der Waals surface area contributed by atoms with E-state index in [-0.39, 0.29) is 5.91 Å². The second-order valence-electron chi connectivity index (χ2n) is 3.91. The quantitative estimate of drug-likeness (QED) is 0.836. The minimum atomic E-state index is -0.269. The van der Waals surface area contributed by atoms with Crippen LogP contribution in [0.5, 0.6) is 0 Å². The highest BCUT2D eigenvalue weighted by molar-refractivity contribution is 9.10. The molecule has 1 aromatic carbocycles. The molecule has 18 heavy (non-hydrogen) atoms. The third kappa shape index (κ3) is 2.38. The minimum Gasteiger partial charge on any atom is -0.398 e. The van der Waals surface area contributed by atoms with Crippen LogP contribution in [0.25, 0.3) is 0 Å². The summed E-state index contributed by atoms with van der Waals surface area (Å²) < 4.78 is 5.70. The largest absolute Gasteiger partial charge is 0.398 e. The molecule has 0 bridgehead atoms. The Morgan fingerprint density at radius 2 is 2.17 bits per heavy atom. The van der Waals surface area contributed by atoms with Gasteiger partial charge in [-0.05, 0) is 48.0 Å². The molecule has 0 aliphatic rings. The zero-order chi connectivity index (χ0) is 13.3. The molecule has 5 nitrogen and oxygen atoms in total. The summed E-state index contributed by atoms with van der Waals surface area (Å²) in [6.07, 6.45) is 0. The van der Waals surface area contributed by atoms with E-state index in [0.29, 0.717) is 21.6 Å². The highest BCUT2D eigenvalue weighted by atomic mass is 79.9. The third-order valence-corrected chi connectivity index (χ3v) is 3.33. The highest BCUT2D eigenvalue weighted by Crippen LogP contribution is 2.22. The maximum absolute atomic E-state index is 12.0. The molecule has 0 spiro atoms. The first kappa shape index (κ1) is 12.6. The van der Waals surface area contributed by atoms with E-state index >= 15 is 0 Å². The fourth-order valence-corrected chi connectivity index (χ4v) is 1.75. The number of nitrogens with zero attached hydrogens (tertiary/aromatic N) is 1. The number of hydrogen-bond acceptors (Lipinski definition) is 4. The number of hydrogen-bond donors (Lipinski definition) is 2. The SMILES string of the molecule is Cc1noc(NC(=O)c2ccc(N)c(Br)c2)c1C. The summed E-state index contributed by atoms with van der Waals surface area (Å²) in [6, 6.07) is 4.97. The van der Waals surface area contributed by atoms with Gasteiger partial charge in [-0.25, -0.2) is 0 Å². The van der Waals surface area contributed by atoms with Crippen LogP contribution in [-0.4, -0.2) is 11.1 Å². The Morgan fingerprint density at radius 3 is 2.72 bits per heavy atom. The third-order valence-electron chi connectivity index (χ3n) is 2.65. The lowest BCUT2D eigenvalue weighted by molar-refractivity contribution is 0.102. The average Bonchev–Trinajstić information content (AvgIpc) is 2.64. The van der Waals surface area contributed by atoms with E-state index in [4.69, 9.17) is 10.3 Å². The molecule has 1 heterocycles. The first-order valence-electron chi connectivity index (χ1n) is 5.28.